The van der Waals surface area contributed by atoms with Gasteiger partial charge in [0.1, 0.15) is 11.5 Å². The summed E-state index contributed by atoms with van der Waals surface area (Å²) in [7, 11) is 1.43. The van der Waals surface area contributed by atoms with Gasteiger partial charge in [-0.1, -0.05) is 25.1 Å². The number of aliphatic hydroxyl groups excluding tert-OH is 1. The zero-order valence-electron chi connectivity index (χ0n) is 21.3. The van der Waals surface area contributed by atoms with Gasteiger partial charge in [-0.2, -0.15) is 0 Å². The van der Waals surface area contributed by atoms with E-state index < -0.39 is 17.7 Å². The first-order valence-corrected chi connectivity index (χ1v) is 12.6. The molecule has 0 aliphatic carbocycles. The van der Waals surface area contributed by atoms with Gasteiger partial charge in [0, 0.05) is 31.7 Å². The van der Waals surface area contributed by atoms with Crippen LogP contribution in [0.5, 0.6) is 17.2 Å². The van der Waals surface area contributed by atoms with Gasteiger partial charge in [0.05, 0.1) is 38.5 Å². The minimum atomic E-state index is -0.834. The second kappa shape index (κ2) is 12.1. The van der Waals surface area contributed by atoms with Gasteiger partial charge in [-0.15, -0.1) is 0 Å². The van der Waals surface area contributed by atoms with Gasteiger partial charge in [-0.05, 0) is 42.7 Å². The lowest BCUT2D eigenvalue weighted by Crippen LogP contribution is -2.38. The van der Waals surface area contributed by atoms with E-state index in [1.165, 1.54) is 18.1 Å². The van der Waals surface area contributed by atoms with E-state index in [0.717, 1.165) is 26.1 Å². The van der Waals surface area contributed by atoms with E-state index in [1.807, 2.05) is 6.92 Å². The summed E-state index contributed by atoms with van der Waals surface area (Å²) in [4.78, 5) is 30.3. The molecular formula is C28H34N2O7. The highest BCUT2D eigenvalue weighted by molar-refractivity contribution is 6.46. The molecule has 1 amide bonds. The van der Waals surface area contributed by atoms with Gasteiger partial charge in [0.25, 0.3) is 11.7 Å². The summed E-state index contributed by atoms with van der Waals surface area (Å²) in [6.45, 7) is 6.61. The fourth-order valence-electron chi connectivity index (χ4n) is 4.72. The number of ether oxygens (including phenoxy) is 3. The molecule has 2 aromatic rings. The molecule has 2 aromatic carbocycles. The van der Waals surface area contributed by atoms with Crippen LogP contribution in [0.25, 0.3) is 5.76 Å². The Morgan fingerprint density at radius 1 is 1.11 bits per heavy atom. The number of rotatable bonds is 10. The molecule has 2 fully saturated rings. The number of Topliss-reactive ketones (excluding diaryl/α,β-unsaturated/α-hetero) is 1. The molecule has 0 radical (unpaired) electrons. The molecule has 1 unspecified atom stereocenters. The van der Waals surface area contributed by atoms with Crippen molar-refractivity contribution in [2.45, 2.75) is 25.8 Å². The van der Waals surface area contributed by atoms with Gasteiger partial charge in [-0.25, -0.2) is 0 Å². The van der Waals surface area contributed by atoms with Crippen LogP contribution in [-0.4, -0.2) is 84.8 Å². The Morgan fingerprint density at radius 2 is 1.89 bits per heavy atom. The number of aliphatic hydroxyl groups is 1. The van der Waals surface area contributed by atoms with Crippen molar-refractivity contribution in [3.05, 3.63) is 59.2 Å². The lowest BCUT2D eigenvalue weighted by molar-refractivity contribution is -0.140. The van der Waals surface area contributed by atoms with Crippen LogP contribution in [0, 0.1) is 0 Å². The van der Waals surface area contributed by atoms with Gasteiger partial charge in [0.2, 0.25) is 0 Å². The first-order chi connectivity index (χ1) is 17.9. The third kappa shape index (κ3) is 5.89. The van der Waals surface area contributed by atoms with Crippen molar-refractivity contribution >= 4 is 17.4 Å². The van der Waals surface area contributed by atoms with E-state index in [2.05, 4.69) is 4.90 Å². The third-order valence-electron chi connectivity index (χ3n) is 6.62. The quantitative estimate of drug-likeness (QED) is 0.285. The Morgan fingerprint density at radius 3 is 2.62 bits per heavy atom. The lowest BCUT2D eigenvalue weighted by atomic mass is 9.95. The number of likely N-dealkylation sites (tertiary alicyclic amines) is 1. The van der Waals surface area contributed by atoms with E-state index in [9.17, 15) is 19.8 Å². The average molecular weight is 511 g/mol. The van der Waals surface area contributed by atoms with Crippen LogP contribution in [0.4, 0.5) is 0 Å². The predicted octanol–water partition coefficient (Wildman–Crippen LogP) is 3.33. The van der Waals surface area contributed by atoms with Crippen molar-refractivity contribution < 1.29 is 34.0 Å². The molecule has 2 aliphatic heterocycles. The third-order valence-corrected chi connectivity index (χ3v) is 6.62. The molecule has 1 atom stereocenters. The fraction of sp³-hybridized carbons (Fsp3) is 0.429. The summed E-state index contributed by atoms with van der Waals surface area (Å²) >= 11 is 0. The Balaban J connectivity index is 1.70. The zero-order valence-corrected chi connectivity index (χ0v) is 21.3. The predicted molar refractivity (Wildman–Crippen MR) is 138 cm³/mol. The normalized spacial score (nSPS) is 19.8. The minimum absolute atomic E-state index is 0.00300. The maximum Gasteiger partial charge on any atom is 0.295 e. The Labute approximate surface area is 216 Å². The summed E-state index contributed by atoms with van der Waals surface area (Å²) in [5, 5.41) is 21.5. The number of methoxy groups -OCH3 is 1. The second-order valence-corrected chi connectivity index (χ2v) is 9.11. The summed E-state index contributed by atoms with van der Waals surface area (Å²) in [6, 6.07) is 10.7. The molecule has 0 saturated carbocycles. The molecule has 9 heteroatoms. The molecule has 0 aromatic heterocycles. The van der Waals surface area contributed by atoms with E-state index >= 15 is 0 Å². The number of hydrogen-bond donors (Lipinski definition) is 2. The molecule has 2 N–H and O–H groups in total. The van der Waals surface area contributed by atoms with Gasteiger partial charge in [0.15, 0.2) is 11.5 Å². The van der Waals surface area contributed by atoms with Crippen LogP contribution in [0.1, 0.15) is 36.9 Å². The van der Waals surface area contributed by atoms with Gasteiger partial charge in [-0.3, -0.25) is 14.5 Å². The number of carbonyl (C=O) groups is 2. The summed E-state index contributed by atoms with van der Waals surface area (Å²) < 4.78 is 16.4. The van der Waals surface area contributed by atoms with Crippen LogP contribution in [0.3, 0.4) is 0 Å². The number of phenols is 1. The number of phenolic OH excluding ortho intramolecular Hbond substituents is 1. The highest BCUT2D eigenvalue weighted by Gasteiger charge is 2.46. The fourth-order valence-corrected chi connectivity index (χ4v) is 4.72. The number of ketones is 1. The number of benzene rings is 2. The van der Waals surface area contributed by atoms with Crippen molar-refractivity contribution in [3.63, 3.8) is 0 Å². The van der Waals surface area contributed by atoms with Crippen molar-refractivity contribution in [2.75, 3.05) is 53.1 Å². The first-order valence-electron chi connectivity index (χ1n) is 12.6. The largest absolute Gasteiger partial charge is 0.507 e. The SMILES string of the molecule is CCCOc1cccc(/C(O)=C2\C(=O)C(=O)N(CCCN3CCOCC3)C2c2ccc(O)c(OC)c2)c1. The van der Waals surface area contributed by atoms with Crippen LogP contribution in [0.15, 0.2) is 48.0 Å². The maximum absolute atomic E-state index is 13.3. The molecule has 2 heterocycles. The molecule has 4 rings (SSSR count). The average Bonchev–Trinajstić information content (AvgIpc) is 3.17. The summed E-state index contributed by atoms with van der Waals surface area (Å²) in [5.74, 6) is -0.969. The van der Waals surface area contributed by atoms with Gasteiger partial charge < -0.3 is 29.3 Å². The van der Waals surface area contributed by atoms with Crippen molar-refractivity contribution in [1.29, 1.82) is 0 Å². The highest BCUT2D eigenvalue weighted by atomic mass is 16.5. The summed E-state index contributed by atoms with van der Waals surface area (Å²) in [5.41, 5.74) is 0.938. The Bertz CT molecular complexity index is 1160. The van der Waals surface area contributed by atoms with E-state index in [-0.39, 0.29) is 22.8 Å². The standard InChI is InChI=1S/C28H34N2O7/c1-3-14-37-21-7-4-6-20(17-21)26(32)24-25(19-8-9-22(31)23(18-19)35-2)30(28(34)27(24)33)11-5-10-29-12-15-36-16-13-29/h4,6-9,17-18,25,31-32H,3,5,10-16H2,1-2H3/b26-24+. The zero-order chi connectivity index (χ0) is 26.4. The number of hydrogen-bond acceptors (Lipinski definition) is 8. The molecule has 0 spiro atoms. The molecule has 2 saturated heterocycles. The minimum Gasteiger partial charge on any atom is -0.507 e. The lowest BCUT2D eigenvalue weighted by Gasteiger charge is -2.29. The Hall–Kier alpha value is -3.56. The van der Waals surface area contributed by atoms with E-state index in [1.54, 1.807) is 36.4 Å². The number of aromatic hydroxyl groups is 1. The first kappa shape index (κ1) is 26.5. The smallest absolute Gasteiger partial charge is 0.295 e. The maximum atomic E-state index is 13.3. The van der Waals surface area contributed by atoms with Crippen LogP contribution in [-0.2, 0) is 14.3 Å². The number of nitrogens with zero attached hydrogens (tertiary/aromatic N) is 2. The highest BCUT2D eigenvalue weighted by Crippen LogP contribution is 2.42. The van der Waals surface area contributed by atoms with Crippen molar-refractivity contribution in [1.82, 2.24) is 9.80 Å². The number of carbonyl (C=O) groups excluding carboxylic acids is 2. The van der Waals surface area contributed by atoms with Crippen molar-refractivity contribution in [3.8, 4) is 17.2 Å². The van der Waals surface area contributed by atoms with Crippen molar-refractivity contribution in [2.24, 2.45) is 0 Å². The van der Waals surface area contributed by atoms with Gasteiger partial charge >= 0.3 is 0 Å². The van der Waals surface area contributed by atoms with Crippen LogP contribution < -0.4 is 9.47 Å². The second-order valence-electron chi connectivity index (χ2n) is 9.11. The molecular weight excluding hydrogens is 476 g/mol. The summed E-state index contributed by atoms with van der Waals surface area (Å²) in [6.07, 6.45) is 1.48. The molecule has 198 valence electrons. The molecule has 37 heavy (non-hydrogen) atoms. The van der Waals surface area contributed by atoms with Crippen LogP contribution >= 0.6 is 0 Å². The number of amides is 1. The Kier molecular flexibility index (Phi) is 8.68. The monoisotopic (exact) mass is 510 g/mol. The molecule has 9 nitrogen and oxygen atoms in total. The topological polar surface area (TPSA) is 109 Å². The van der Waals surface area contributed by atoms with Crippen LogP contribution in [0.2, 0.25) is 0 Å². The molecule has 2 aliphatic rings. The van der Waals surface area contributed by atoms with E-state index in [4.69, 9.17) is 14.2 Å². The number of morpholine rings is 1. The molecule has 0 bridgehead atoms. The van der Waals surface area contributed by atoms with E-state index in [0.29, 0.717) is 49.7 Å².